The first-order valence-corrected chi connectivity index (χ1v) is 9.72. The fourth-order valence-corrected chi connectivity index (χ4v) is 3.40. The summed E-state index contributed by atoms with van der Waals surface area (Å²) in [6.45, 7) is 0. The predicted molar refractivity (Wildman–Crippen MR) is 115 cm³/mol. The number of Topliss-reactive ketones (excluding diaryl/α,β-unsaturated/α-hetero) is 1. The van der Waals surface area contributed by atoms with E-state index in [4.69, 9.17) is 14.6 Å². The molecule has 0 saturated heterocycles. The number of ether oxygens (including phenoxy) is 2. The number of rotatable bonds is 5. The van der Waals surface area contributed by atoms with E-state index in [0.29, 0.717) is 11.1 Å². The maximum absolute atomic E-state index is 12.8. The van der Waals surface area contributed by atoms with E-state index in [9.17, 15) is 30.0 Å². The number of carboxylic acids is 1. The first kappa shape index (κ1) is 21.6. The van der Waals surface area contributed by atoms with Gasteiger partial charge in [-0.2, -0.15) is 0 Å². The zero-order valence-corrected chi connectivity index (χ0v) is 16.9. The minimum absolute atomic E-state index is 0.0553. The van der Waals surface area contributed by atoms with Crippen LogP contribution in [-0.4, -0.2) is 37.3 Å². The van der Waals surface area contributed by atoms with E-state index in [0.717, 1.165) is 12.1 Å². The summed E-state index contributed by atoms with van der Waals surface area (Å²) in [5, 5.41) is 48.9. The lowest BCUT2D eigenvalue weighted by molar-refractivity contribution is -0.131. The lowest BCUT2D eigenvalue weighted by Gasteiger charge is -2.27. The average Bonchev–Trinajstić information content (AvgIpc) is 2.77. The van der Waals surface area contributed by atoms with Crippen molar-refractivity contribution in [3.05, 3.63) is 71.3 Å². The zero-order chi connectivity index (χ0) is 23.7. The molecule has 3 aromatic carbocycles. The summed E-state index contributed by atoms with van der Waals surface area (Å²) in [7, 11) is 0. The fraction of sp³-hybridized carbons (Fsp3) is 0.0833. The van der Waals surface area contributed by atoms with Gasteiger partial charge in [-0.1, -0.05) is 18.2 Å². The summed E-state index contributed by atoms with van der Waals surface area (Å²) in [5.41, 5.74) is 0.877. The quantitative estimate of drug-likeness (QED) is 0.285. The van der Waals surface area contributed by atoms with Gasteiger partial charge in [-0.25, -0.2) is 4.79 Å². The molecule has 0 fully saturated rings. The lowest BCUT2D eigenvalue weighted by atomic mass is 9.95. The standard InChI is InChI=1S/C24H18O9/c25-15-7-4-13(9-16(15)26)19-10-17(27)22-20(33-19)11-18(28)24(23(22)31)32-14-5-1-12(2-6-14)3-8-21(29)30/h1-9,11,19,25-26,28,31H,10H2,(H,29,30)/b8-3+/t19-/m1/s1. The maximum Gasteiger partial charge on any atom is 0.328 e. The Bertz CT molecular complexity index is 1280. The highest BCUT2D eigenvalue weighted by atomic mass is 16.5. The van der Waals surface area contributed by atoms with Crippen molar-refractivity contribution in [2.75, 3.05) is 0 Å². The minimum Gasteiger partial charge on any atom is -0.504 e. The fourth-order valence-electron chi connectivity index (χ4n) is 3.40. The van der Waals surface area contributed by atoms with Crippen LogP contribution in [0, 0.1) is 0 Å². The van der Waals surface area contributed by atoms with E-state index in [1.807, 2.05) is 0 Å². The van der Waals surface area contributed by atoms with Gasteiger partial charge in [0.2, 0.25) is 5.75 Å². The van der Waals surface area contributed by atoms with Gasteiger partial charge in [0, 0.05) is 12.1 Å². The number of aromatic hydroxyl groups is 4. The second kappa shape index (κ2) is 8.46. The Morgan fingerprint density at radius 2 is 1.70 bits per heavy atom. The smallest absolute Gasteiger partial charge is 0.328 e. The van der Waals surface area contributed by atoms with Gasteiger partial charge in [0.25, 0.3) is 0 Å². The molecule has 0 saturated carbocycles. The summed E-state index contributed by atoms with van der Waals surface area (Å²) in [5.74, 6) is -3.45. The molecule has 1 heterocycles. The number of fused-ring (bicyclic) bond motifs is 1. The van der Waals surface area contributed by atoms with Crippen LogP contribution in [-0.2, 0) is 4.79 Å². The summed E-state index contributed by atoms with van der Waals surface area (Å²) >= 11 is 0. The van der Waals surface area contributed by atoms with Crippen LogP contribution in [0.4, 0.5) is 0 Å². The van der Waals surface area contributed by atoms with Gasteiger partial charge in [-0.15, -0.1) is 0 Å². The molecule has 0 radical (unpaired) electrons. The van der Waals surface area contributed by atoms with Crippen molar-refractivity contribution in [1.82, 2.24) is 0 Å². The molecule has 168 valence electrons. The monoisotopic (exact) mass is 450 g/mol. The molecule has 9 heteroatoms. The Morgan fingerprint density at radius 1 is 0.970 bits per heavy atom. The number of aliphatic carboxylic acids is 1. The number of hydrogen-bond donors (Lipinski definition) is 5. The molecule has 1 aliphatic heterocycles. The molecule has 1 atom stereocenters. The summed E-state index contributed by atoms with van der Waals surface area (Å²) in [4.78, 5) is 23.4. The van der Waals surface area contributed by atoms with Crippen LogP contribution in [0.15, 0.2) is 54.6 Å². The van der Waals surface area contributed by atoms with Gasteiger partial charge in [0.1, 0.15) is 23.2 Å². The number of carbonyl (C=O) groups is 2. The first-order valence-electron chi connectivity index (χ1n) is 9.72. The van der Waals surface area contributed by atoms with E-state index >= 15 is 0 Å². The SMILES string of the molecule is O=C(O)/C=C/c1ccc(Oc2c(O)cc3c(c2O)C(=O)C[C@H](c2ccc(O)c(O)c2)O3)cc1. The molecule has 0 aliphatic carbocycles. The predicted octanol–water partition coefficient (Wildman–Crippen LogP) is 4.11. The summed E-state index contributed by atoms with van der Waals surface area (Å²) in [6, 6.07) is 11.3. The third-order valence-electron chi connectivity index (χ3n) is 5.01. The molecule has 9 nitrogen and oxygen atoms in total. The number of carboxylic acid groups (broad SMARTS) is 1. The van der Waals surface area contributed by atoms with Gasteiger partial charge < -0.3 is 35.0 Å². The Hall–Kier alpha value is -4.66. The number of hydrogen-bond acceptors (Lipinski definition) is 8. The molecule has 0 aromatic heterocycles. The highest BCUT2D eigenvalue weighted by Gasteiger charge is 2.33. The molecular weight excluding hydrogens is 432 g/mol. The number of phenolic OH excluding ortho intramolecular Hbond substituents is 4. The second-order valence-corrected chi connectivity index (χ2v) is 7.27. The molecule has 4 rings (SSSR count). The van der Waals surface area contributed by atoms with Gasteiger partial charge in [-0.05, 0) is 41.5 Å². The van der Waals surface area contributed by atoms with E-state index in [1.54, 1.807) is 12.1 Å². The van der Waals surface area contributed by atoms with Crippen LogP contribution in [0.5, 0.6) is 40.2 Å². The molecule has 5 N–H and O–H groups in total. The maximum atomic E-state index is 12.8. The van der Waals surface area contributed by atoms with Crippen LogP contribution in [0.3, 0.4) is 0 Å². The highest BCUT2D eigenvalue weighted by molar-refractivity contribution is 6.03. The van der Waals surface area contributed by atoms with E-state index < -0.39 is 29.4 Å². The normalized spacial score (nSPS) is 15.2. The molecule has 3 aromatic rings. The highest BCUT2D eigenvalue weighted by Crippen LogP contribution is 2.50. The van der Waals surface area contributed by atoms with Crippen LogP contribution >= 0.6 is 0 Å². The third kappa shape index (κ3) is 4.38. The van der Waals surface area contributed by atoms with Gasteiger partial charge in [-0.3, -0.25) is 4.79 Å². The van der Waals surface area contributed by atoms with Gasteiger partial charge in [0.05, 0.1) is 6.42 Å². The number of benzene rings is 3. The van der Waals surface area contributed by atoms with Crippen LogP contribution in [0.2, 0.25) is 0 Å². The Kier molecular flexibility index (Phi) is 5.53. The topological polar surface area (TPSA) is 154 Å². The molecule has 0 unspecified atom stereocenters. The largest absolute Gasteiger partial charge is 0.504 e. The molecule has 0 bridgehead atoms. The third-order valence-corrected chi connectivity index (χ3v) is 5.01. The van der Waals surface area contributed by atoms with Crippen molar-refractivity contribution in [3.63, 3.8) is 0 Å². The number of ketones is 1. The van der Waals surface area contributed by atoms with Crippen LogP contribution in [0.25, 0.3) is 6.08 Å². The van der Waals surface area contributed by atoms with Crippen molar-refractivity contribution in [1.29, 1.82) is 0 Å². The number of phenols is 4. The zero-order valence-electron chi connectivity index (χ0n) is 16.9. The summed E-state index contributed by atoms with van der Waals surface area (Å²) in [6.07, 6.45) is 1.42. The van der Waals surface area contributed by atoms with Crippen molar-refractivity contribution in [2.24, 2.45) is 0 Å². The number of carbonyl (C=O) groups excluding carboxylic acids is 1. The molecular formula is C24H18O9. The van der Waals surface area contributed by atoms with Gasteiger partial charge in [0.15, 0.2) is 28.8 Å². The van der Waals surface area contributed by atoms with E-state index in [1.165, 1.54) is 36.4 Å². The Labute approximate surface area is 187 Å². The van der Waals surface area contributed by atoms with E-state index in [2.05, 4.69) is 0 Å². The first-order chi connectivity index (χ1) is 15.7. The molecule has 0 spiro atoms. The molecule has 33 heavy (non-hydrogen) atoms. The van der Waals surface area contributed by atoms with Crippen molar-refractivity contribution >= 4 is 17.8 Å². The summed E-state index contributed by atoms with van der Waals surface area (Å²) < 4.78 is 11.3. The average molecular weight is 450 g/mol. The lowest BCUT2D eigenvalue weighted by Crippen LogP contribution is -2.20. The minimum atomic E-state index is -1.09. The van der Waals surface area contributed by atoms with Crippen molar-refractivity contribution in [3.8, 4) is 40.2 Å². The second-order valence-electron chi connectivity index (χ2n) is 7.27. The van der Waals surface area contributed by atoms with E-state index in [-0.39, 0.29) is 40.7 Å². The van der Waals surface area contributed by atoms with Crippen molar-refractivity contribution < 1.29 is 44.6 Å². The van der Waals surface area contributed by atoms with Crippen LogP contribution in [0.1, 0.15) is 34.0 Å². The Balaban J connectivity index is 1.61. The van der Waals surface area contributed by atoms with Crippen LogP contribution < -0.4 is 9.47 Å². The Morgan fingerprint density at radius 3 is 2.36 bits per heavy atom. The van der Waals surface area contributed by atoms with Crippen molar-refractivity contribution in [2.45, 2.75) is 12.5 Å². The molecule has 0 amide bonds. The molecule has 1 aliphatic rings. The van der Waals surface area contributed by atoms with Gasteiger partial charge >= 0.3 is 5.97 Å².